The molecule has 1 aliphatic rings. The molecule has 2 atom stereocenters. The van der Waals surface area contributed by atoms with Crippen LogP contribution in [0, 0.1) is 6.92 Å². The molecule has 1 heterocycles. The minimum absolute atomic E-state index is 0.0358. The van der Waals surface area contributed by atoms with Crippen LogP contribution in [0.15, 0.2) is 59.5 Å². The number of aryl methyl sites for hydroxylation is 1. The average Bonchev–Trinajstić information content (AvgIpc) is 2.62. The average molecular weight is 399 g/mol. The summed E-state index contributed by atoms with van der Waals surface area (Å²) in [6.45, 7) is 2.30. The van der Waals surface area contributed by atoms with Crippen molar-refractivity contribution in [1.29, 1.82) is 0 Å². The lowest BCUT2D eigenvalue weighted by Crippen LogP contribution is -2.58. The number of benzene rings is 2. The summed E-state index contributed by atoms with van der Waals surface area (Å²) in [5.41, 5.74) is -0.0708. The topological polar surface area (TPSA) is 46.6 Å². The Morgan fingerprint density at radius 2 is 1.67 bits per heavy atom. The normalized spacial score (nSPS) is 24.7. The van der Waals surface area contributed by atoms with Gasteiger partial charge < -0.3 is 4.74 Å². The van der Waals surface area contributed by atoms with Gasteiger partial charge in [-0.05, 0) is 31.5 Å². The zero-order valence-corrected chi connectivity index (χ0v) is 15.7. The first-order valence-corrected chi connectivity index (χ1v) is 9.83. The van der Waals surface area contributed by atoms with Gasteiger partial charge in [-0.3, -0.25) is 0 Å². The van der Waals surface area contributed by atoms with E-state index in [2.05, 4.69) is 0 Å². The zero-order chi connectivity index (χ0) is 19.9. The van der Waals surface area contributed by atoms with Crippen LogP contribution in [0.2, 0.25) is 0 Å². The largest absolute Gasteiger partial charge is 0.415 e. The van der Waals surface area contributed by atoms with Crippen molar-refractivity contribution in [3.8, 4) is 0 Å². The fraction of sp³-hybridized carbons (Fsp3) is 0.368. The highest BCUT2D eigenvalue weighted by atomic mass is 32.2. The molecule has 0 spiro atoms. The molecule has 1 fully saturated rings. The molecule has 2 aromatic carbocycles. The van der Waals surface area contributed by atoms with Crippen molar-refractivity contribution in [3.63, 3.8) is 0 Å². The van der Waals surface area contributed by atoms with Crippen LogP contribution in [0.1, 0.15) is 18.1 Å². The number of sulfonamides is 1. The lowest BCUT2D eigenvalue weighted by molar-refractivity contribution is -0.271. The minimum atomic E-state index is -4.68. The Bertz CT molecular complexity index is 898. The molecule has 8 heteroatoms. The third kappa shape index (κ3) is 4.02. The Morgan fingerprint density at radius 3 is 2.22 bits per heavy atom. The van der Waals surface area contributed by atoms with Crippen LogP contribution in [0.5, 0.6) is 0 Å². The molecule has 0 aromatic heterocycles. The summed E-state index contributed by atoms with van der Waals surface area (Å²) in [5.74, 6) is 0. The maximum atomic E-state index is 13.5. The SMILES string of the molecule is Cc1ccc(S(=O)(=O)N2C[C@@H](C(F)(F)F)O[C@](C)(c3ccccc3)C2)cc1. The maximum Gasteiger partial charge on any atom is 0.415 e. The second kappa shape index (κ2) is 6.92. The van der Waals surface area contributed by atoms with Crippen molar-refractivity contribution < 1.29 is 26.3 Å². The van der Waals surface area contributed by atoms with Crippen molar-refractivity contribution in [3.05, 3.63) is 65.7 Å². The Kier molecular flexibility index (Phi) is 5.09. The minimum Gasteiger partial charge on any atom is -0.355 e. The molecule has 146 valence electrons. The molecule has 2 aromatic rings. The fourth-order valence-electron chi connectivity index (χ4n) is 3.14. The number of halogens is 3. The number of ether oxygens (including phenoxy) is 1. The van der Waals surface area contributed by atoms with Crippen LogP contribution in [0.4, 0.5) is 13.2 Å². The molecule has 4 nitrogen and oxygen atoms in total. The van der Waals surface area contributed by atoms with Crippen LogP contribution >= 0.6 is 0 Å². The third-order valence-corrected chi connectivity index (χ3v) is 6.48. The van der Waals surface area contributed by atoms with Crippen LogP contribution in [-0.4, -0.2) is 38.1 Å². The second-order valence-electron chi connectivity index (χ2n) is 6.86. The van der Waals surface area contributed by atoms with Crippen molar-refractivity contribution in [1.82, 2.24) is 4.31 Å². The lowest BCUT2D eigenvalue weighted by atomic mass is 9.94. The monoisotopic (exact) mass is 399 g/mol. The molecule has 3 rings (SSSR count). The highest BCUT2D eigenvalue weighted by Gasteiger charge is 2.52. The van der Waals surface area contributed by atoms with Gasteiger partial charge in [0.2, 0.25) is 10.0 Å². The van der Waals surface area contributed by atoms with E-state index in [0.29, 0.717) is 5.56 Å². The number of hydrogen-bond donors (Lipinski definition) is 0. The van der Waals surface area contributed by atoms with Crippen LogP contribution in [-0.2, 0) is 20.4 Å². The number of rotatable bonds is 3. The van der Waals surface area contributed by atoms with E-state index < -0.39 is 34.4 Å². The summed E-state index contributed by atoms with van der Waals surface area (Å²) < 4.78 is 72.6. The molecule has 0 bridgehead atoms. The summed E-state index contributed by atoms with van der Waals surface area (Å²) in [6, 6.07) is 14.4. The smallest absolute Gasteiger partial charge is 0.355 e. The molecule has 0 unspecified atom stereocenters. The van der Waals surface area contributed by atoms with Crippen molar-refractivity contribution in [2.45, 2.75) is 36.6 Å². The Morgan fingerprint density at radius 1 is 1.07 bits per heavy atom. The maximum absolute atomic E-state index is 13.5. The van der Waals surface area contributed by atoms with E-state index in [9.17, 15) is 21.6 Å². The molecule has 1 saturated heterocycles. The summed E-state index contributed by atoms with van der Waals surface area (Å²) in [4.78, 5) is -0.0358. The van der Waals surface area contributed by atoms with Crippen LogP contribution in [0.25, 0.3) is 0 Å². The molecule has 0 N–H and O–H groups in total. The zero-order valence-electron chi connectivity index (χ0n) is 14.9. The molecular weight excluding hydrogens is 379 g/mol. The predicted octanol–water partition coefficient (Wildman–Crippen LogP) is 3.86. The molecule has 0 radical (unpaired) electrons. The van der Waals surface area contributed by atoms with Crippen molar-refractivity contribution in [2.75, 3.05) is 13.1 Å². The molecule has 0 saturated carbocycles. The van der Waals surface area contributed by atoms with Crippen molar-refractivity contribution >= 4 is 10.0 Å². The first-order valence-electron chi connectivity index (χ1n) is 8.39. The molecule has 0 aliphatic carbocycles. The van der Waals surface area contributed by atoms with Gasteiger partial charge in [-0.25, -0.2) is 8.42 Å². The van der Waals surface area contributed by atoms with Crippen LogP contribution < -0.4 is 0 Å². The van der Waals surface area contributed by atoms with Gasteiger partial charge in [0.15, 0.2) is 6.10 Å². The standard InChI is InChI=1S/C19H20F3NO3S/c1-14-8-10-16(11-9-14)27(24,25)23-12-17(19(20,21)22)26-18(2,13-23)15-6-4-3-5-7-15/h3-11,17H,12-13H2,1-2H3/t17-,18-/m0/s1. The van der Waals surface area contributed by atoms with E-state index >= 15 is 0 Å². The van der Waals surface area contributed by atoms with Gasteiger partial charge in [0, 0.05) is 13.1 Å². The number of hydrogen-bond acceptors (Lipinski definition) is 3. The van der Waals surface area contributed by atoms with Gasteiger partial charge >= 0.3 is 6.18 Å². The number of alkyl halides is 3. The van der Waals surface area contributed by atoms with E-state index in [4.69, 9.17) is 4.74 Å². The first kappa shape index (κ1) is 19.9. The summed E-state index contributed by atoms with van der Waals surface area (Å²) in [6.07, 6.45) is -6.89. The Hall–Kier alpha value is -1.90. The van der Waals surface area contributed by atoms with Gasteiger partial charge in [0.05, 0.1) is 4.90 Å². The molecule has 27 heavy (non-hydrogen) atoms. The Labute approximate surface area is 156 Å². The highest BCUT2D eigenvalue weighted by molar-refractivity contribution is 7.89. The Balaban J connectivity index is 2.03. The number of nitrogens with zero attached hydrogens (tertiary/aromatic N) is 1. The number of morpholine rings is 1. The molecular formula is C19H20F3NO3S. The predicted molar refractivity (Wildman–Crippen MR) is 94.7 cm³/mol. The van der Waals surface area contributed by atoms with E-state index in [-0.39, 0.29) is 11.4 Å². The van der Waals surface area contributed by atoms with E-state index in [1.165, 1.54) is 19.1 Å². The summed E-state index contributed by atoms with van der Waals surface area (Å²) in [7, 11) is -4.10. The van der Waals surface area contributed by atoms with Crippen molar-refractivity contribution in [2.24, 2.45) is 0 Å². The van der Waals surface area contributed by atoms with Gasteiger partial charge in [0.1, 0.15) is 5.60 Å². The molecule has 0 amide bonds. The quantitative estimate of drug-likeness (QED) is 0.787. The van der Waals surface area contributed by atoms with Gasteiger partial charge in [-0.15, -0.1) is 0 Å². The van der Waals surface area contributed by atoms with Gasteiger partial charge in [-0.2, -0.15) is 17.5 Å². The molecule has 1 aliphatic heterocycles. The van der Waals surface area contributed by atoms with E-state index in [1.807, 2.05) is 0 Å². The van der Waals surface area contributed by atoms with Gasteiger partial charge in [0.25, 0.3) is 0 Å². The second-order valence-corrected chi connectivity index (χ2v) is 8.79. The fourth-order valence-corrected chi connectivity index (χ4v) is 4.66. The first-order chi connectivity index (χ1) is 12.5. The highest BCUT2D eigenvalue weighted by Crippen LogP contribution is 2.39. The van der Waals surface area contributed by atoms with Gasteiger partial charge in [-0.1, -0.05) is 48.0 Å². The van der Waals surface area contributed by atoms with E-state index in [1.54, 1.807) is 49.4 Å². The van der Waals surface area contributed by atoms with Crippen LogP contribution in [0.3, 0.4) is 0 Å². The van der Waals surface area contributed by atoms with E-state index in [0.717, 1.165) is 9.87 Å². The third-order valence-electron chi connectivity index (χ3n) is 4.66. The summed E-state index contributed by atoms with van der Waals surface area (Å²) >= 11 is 0. The summed E-state index contributed by atoms with van der Waals surface area (Å²) in [5, 5.41) is 0. The lowest BCUT2D eigenvalue weighted by Gasteiger charge is -2.44.